The van der Waals surface area contributed by atoms with Crippen LogP contribution in [0.3, 0.4) is 0 Å². The zero-order valence-corrected chi connectivity index (χ0v) is 14.3. The maximum absolute atomic E-state index is 11.6. The molecule has 1 unspecified atom stereocenters. The van der Waals surface area contributed by atoms with E-state index < -0.39 is 0 Å². The van der Waals surface area contributed by atoms with Crippen molar-refractivity contribution in [2.45, 2.75) is 38.2 Å². The Balaban J connectivity index is 2.00. The molecule has 1 amide bonds. The Hall–Kier alpha value is -1.39. The third-order valence-corrected chi connectivity index (χ3v) is 5.75. The summed E-state index contributed by atoms with van der Waals surface area (Å²) in [6.07, 6.45) is 4.84. The minimum atomic E-state index is -0.369. The van der Waals surface area contributed by atoms with Crippen LogP contribution in [0.15, 0.2) is 24.3 Å². The summed E-state index contributed by atoms with van der Waals surface area (Å²) in [5, 5.41) is 0. The number of carbonyl (C=O) groups is 1. The summed E-state index contributed by atoms with van der Waals surface area (Å²) in [5.41, 5.74) is 6.92. The van der Waals surface area contributed by atoms with Gasteiger partial charge in [-0.15, -0.1) is 0 Å². The molecule has 3 rings (SSSR count). The van der Waals surface area contributed by atoms with Gasteiger partial charge in [0.15, 0.2) is 0 Å². The number of ether oxygens (including phenoxy) is 1. The summed E-state index contributed by atoms with van der Waals surface area (Å²) in [6, 6.07) is 7.78. The van der Waals surface area contributed by atoms with Gasteiger partial charge in [-0.1, -0.05) is 25.5 Å². The van der Waals surface area contributed by atoms with E-state index >= 15 is 0 Å². The molecule has 0 spiro atoms. The minimum absolute atomic E-state index is 0.270. The Kier molecular flexibility index (Phi) is 4.74. The van der Waals surface area contributed by atoms with E-state index in [9.17, 15) is 4.79 Å². The van der Waals surface area contributed by atoms with Crippen LogP contribution in [0, 0.1) is 11.8 Å². The van der Waals surface area contributed by atoms with Gasteiger partial charge in [-0.05, 0) is 43.5 Å². The maximum Gasteiger partial charge on any atom is 0.248 e. The highest BCUT2D eigenvalue weighted by Crippen LogP contribution is 2.51. The molecule has 4 nitrogen and oxygen atoms in total. The fraction of sp³-hybridized carbons (Fsp3) is 0.632. The first-order valence-electron chi connectivity index (χ1n) is 8.79. The summed E-state index contributed by atoms with van der Waals surface area (Å²) < 4.78 is 6.21. The van der Waals surface area contributed by atoms with Gasteiger partial charge < -0.3 is 15.4 Å². The zero-order valence-electron chi connectivity index (χ0n) is 14.3. The van der Waals surface area contributed by atoms with E-state index in [-0.39, 0.29) is 11.5 Å². The van der Waals surface area contributed by atoms with Crippen molar-refractivity contribution in [3.63, 3.8) is 0 Å². The second-order valence-electron chi connectivity index (χ2n) is 7.03. The Morgan fingerprint density at radius 2 is 2.04 bits per heavy atom. The lowest BCUT2D eigenvalue weighted by molar-refractivity contribution is -0.168. The number of piperidine rings is 1. The highest BCUT2D eigenvalue weighted by molar-refractivity contribution is 5.92. The second kappa shape index (κ2) is 6.62. The summed E-state index contributed by atoms with van der Waals surface area (Å²) >= 11 is 0. The lowest BCUT2D eigenvalue weighted by Crippen LogP contribution is -2.59. The van der Waals surface area contributed by atoms with Crippen LogP contribution >= 0.6 is 0 Å². The lowest BCUT2D eigenvalue weighted by Gasteiger charge is -2.55. The molecule has 0 aromatic heterocycles. The van der Waals surface area contributed by atoms with Gasteiger partial charge in [0.1, 0.15) is 5.60 Å². The molecule has 1 saturated carbocycles. The van der Waals surface area contributed by atoms with Gasteiger partial charge in [-0.2, -0.15) is 0 Å². The number of amides is 1. The van der Waals surface area contributed by atoms with Gasteiger partial charge in [0.2, 0.25) is 5.91 Å². The van der Waals surface area contributed by atoms with Crippen LogP contribution in [-0.2, 0) is 10.3 Å². The van der Waals surface area contributed by atoms with Crippen LogP contribution < -0.4 is 5.73 Å². The quantitative estimate of drug-likeness (QED) is 0.909. The maximum atomic E-state index is 11.6. The number of nitrogens with two attached hydrogens (primary N) is 1. The molecule has 23 heavy (non-hydrogen) atoms. The molecule has 2 N–H and O–H groups in total. The van der Waals surface area contributed by atoms with Crippen molar-refractivity contribution >= 4 is 5.91 Å². The standard InChI is InChI=1S/C19H28N2O2/c1-3-10-21-12-16-8-5-9-17(13-21)19(16,23-2)15-7-4-6-14(11-15)18(20)22/h4,6-7,11,16-17H,3,5,8-10,12-13H2,1-2H3,(H2,20,22)/t16-,17+,19?. The highest BCUT2D eigenvalue weighted by atomic mass is 16.5. The van der Waals surface area contributed by atoms with E-state index in [1.165, 1.54) is 25.7 Å². The van der Waals surface area contributed by atoms with Gasteiger partial charge in [-0.25, -0.2) is 0 Å². The normalized spacial score (nSPS) is 31.0. The van der Waals surface area contributed by atoms with Crippen LogP contribution in [-0.4, -0.2) is 37.6 Å². The topological polar surface area (TPSA) is 55.6 Å². The molecular formula is C19H28N2O2. The Morgan fingerprint density at radius 1 is 1.35 bits per heavy atom. The van der Waals surface area contributed by atoms with Crippen molar-refractivity contribution in [1.82, 2.24) is 4.90 Å². The minimum Gasteiger partial charge on any atom is -0.373 e. The fourth-order valence-corrected chi connectivity index (χ4v) is 4.86. The second-order valence-corrected chi connectivity index (χ2v) is 7.03. The first-order chi connectivity index (χ1) is 11.1. The predicted octanol–water partition coefficient (Wildman–Crippen LogP) is 2.77. The van der Waals surface area contributed by atoms with Crippen molar-refractivity contribution in [1.29, 1.82) is 0 Å². The molecule has 1 heterocycles. The van der Waals surface area contributed by atoms with E-state index in [4.69, 9.17) is 10.5 Å². The molecule has 2 bridgehead atoms. The smallest absolute Gasteiger partial charge is 0.248 e. The number of benzene rings is 1. The molecule has 3 atom stereocenters. The average molecular weight is 316 g/mol. The SMILES string of the molecule is CCCN1C[C@H]2CCC[C@@H](C1)C2(OC)c1cccc(C(N)=O)c1. The molecule has 1 aliphatic carbocycles. The molecule has 2 aliphatic rings. The van der Waals surface area contributed by atoms with Crippen LogP contribution in [0.4, 0.5) is 0 Å². The number of primary amides is 1. The number of fused-ring (bicyclic) bond motifs is 2. The first kappa shape index (κ1) is 16.5. The van der Waals surface area contributed by atoms with Gasteiger partial charge in [0.25, 0.3) is 0 Å². The van der Waals surface area contributed by atoms with E-state index in [2.05, 4.69) is 17.9 Å². The molecule has 1 aliphatic heterocycles. The Morgan fingerprint density at radius 3 is 2.61 bits per heavy atom. The molecule has 1 aromatic rings. The molecule has 2 fully saturated rings. The molecule has 1 saturated heterocycles. The number of rotatable bonds is 5. The van der Waals surface area contributed by atoms with Gasteiger partial charge in [-0.3, -0.25) is 4.79 Å². The lowest BCUT2D eigenvalue weighted by atomic mass is 9.62. The fourth-order valence-electron chi connectivity index (χ4n) is 4.86. The summed E-state index contributed by atoms with van der Waals surface area (Å²) in [5.74, 6) is 0.594. The number of hydrogen-bond acceptors (Lipinski definition) is 3. The van der Waals surface area contributed by atoms with E-state index in [1.807, 2.05) is 19.2 Å². The number of nitrogens with zero attached hydrogens (tertiary/aromatic N) is 1. The number of likely N-dealkylation sites (tertiary alicyclic amines) is 1. The largest absolute Gasteiger partial charge is 0.373 e. The molecule has 4 heteroatoms. The van der Waals surface area contributed by atoms with Crippen molar-refractivity contribution in [2.75, 3.05) is 26.7 Å². The zero-order chi connectivity index (χ0) is 16.4. The summed E-state index contributed by atoms with van der Waals surface area (Å²) in [4.78, 5) is 14.2. The molecular weight excluding hydrogens is 288 g/mol. The number of methoxy groups -OCH3 is 1. The van der Waals surface area contributed by atoms with Crippen molar-refractivity contribution in [2.24, 2.45) is 17.6 Å². The Bertz CT molecular complexity index is 558. The van der Waals surface area contributed by atoms with E-state index in [0.717, 1.165) is 25.2 Å². The van der Waals surface area contributed by atoms with E-state index in [0.29, 0.717) is 17.4 Å². The van der Waals surface area contributed by atoms with Crippen LogP contribution in [0.25, 0.3) is 0 Å². The Labute approximate surface area is 139 Å². The van der Waals surface area contributed by atoms with Crippen molar-refractivity contribution in [3.05, 3.63) is 35.4 Å². The number of hydrogen-bond donors (Lipinski definition) is 1. The number of carbonyl (C=O) groups excluding carboxylic acids is 1. The van der Waals surface area contributed by atoms with Crippen LogP contribution in [0.5, 0.6) is 0 Å². The monoisotopic (exact) mass is 316 g/mol. The molecule has 126 valence electrons. The van der Waals surface area contributed by atoms with Gasteiger partial charge in [0.05, 0.1) is 0 Å². The van der Waals surface area contributed by atoms with Crippen LogP contribution in [0.2, 0.25) is 0 Å². The van der Waals surface area contributed by atoms with Crippen molar-refractivity contribution < 1.29 is 9.53 Å². The van der Waals surface area contributed by atoms with Crippen molar-refractivity contribution in [3.8, 4) is 0 Å². The average Bonchev–Trinajstić information content (AvgIpc) is 2.54. The van der Waals surface area contributed by atoms with E-state index in [1.54, 1.807) is 6.07 Å². The first-order valence-corrected chi connectivity index (χ1v) is 8.79. The van der Waals surface area contributed by atoms with Gasteiger partial charge >= 0.3 is 0 Å². The molecule has 1 aromatic carbocycles. The summed E-state index contributed by atoms with van der Waals surface area (Å²) in [7, 11) is 1.83. The van der Waals surface area contributed by atoms with Crippen LogP contribution in [0.1, 0.15) is 48.5 Å². The predicted molar refractivity (Wildman–Crippen MR) is 91.2 cm³/mol. The highest BCUT2D eigenvalue weighted by Gasteiger charge is 2.52. The van der Waals surface area contributed by atoms with Gasteiger partial charge in [0, 0.05) is 37.6 Å². The molecule has 0 radical (unpaired) electrons. The third-order valence-electron chi connectivity index (χ3n) is 5.75. The summed E-state index contributed by atoms with van der Waals surface area (Å²) in [6.45, 7) is 5.57. The third kappa shape index (κ3) is 2.79.